The number of hydrogen-bond donors (Lipinski definition) is 1. The van der Waals surface area contributed by atoms with Gasteiger partial charge in [-0.3, -0.25) is 18.9 Å². The van der Waals surface area contributed by atoms with Gasteiger partial charge in [0.1, 0.15) is 15.8 Å². The van der Waals surface area contributed by atoms with Crippen LogP contribution in [0.1, 0.15) is 35.2 Å². The Morgan fingerprint density at radius 1 is 1.10 bits per heavy atom. The number of benzene rings is 2. The second-order valence-corrected chi connectivity index (χ2v) is 11.0. The van der Waals surface area contributed by atoms with Crippen molar-refractivity contribution >= 4 is 51.7 Å². The molecule has 8 nitrogen and oxygen atoms in total. The molecule has 0 bridgehead atoms. The Balaban J connectivity index is 1.37. The van der Waals surface area contributed by atoms with Crippen LogP contribution in [0.3, 0.4) is 0 Å². The van der Waals surface area contributed by atoms with Gasteiger partial charge >= 0.3 is 0 Å². The van der Waals surface area contributed by atoms with Gasteiger partial charge < -0.3 is 14.8 Å². The minimum atomic E-state index is -0.279. The van der Waals surface area contributed by atoms with E-state index in [-0.39, 0.29) is 29.9 Å². The number of thioether (sulfide) groups is 1. The van der Waals surface area contributed by atoms with Crippen molar-refractivity contribution in [3.63, 3.8) is 0 Å². The molecule has 4 heterocycles. The van der Waals surface area contributed by atoms with Gasteiger partial charge in [-0.15, -0.1) is 0 Å². The van der Waals surface area contributed by atoms with Crippen LogP contribution in [0.5, 0.6) is 11.5 Å². The number of nitrogens with zero attached hydrogens (tertiary/aromatic N) is 3. The third-order valence-corrected chi connectivity index (χ3v) is 8.00. The van der Waals surface area contributed by atoms with Crippen molar-refractivity contribution in [3.8, 4) is 11.5 Å². The highest BCUT2D eigenvalue weighted by atomic mass is 32.2. The van der Waals surface area contributed by atoms with Crippen LogP contribution in [0.25, 0.3) is 11.7 Å². The monoisotopic (exact) mass is 556 g/mol. The molecule has 2 aliphatic rings. The number of aryl methyl sites for hydroxylation is 1. The lowest BCUT2D eigenvalue weighted by Crippen LogP contribution is -2.31. The summed E-state index contributed by atoms with van der Waals surface area (Å²) in [5.41, 5.74) is 3.33. The van der Waals surface area contributed by atoms with E-state index < -0.39 is 0 Å². The van der Waals surface area contributed by atoms with Crippen LogP contribution in [-0.2, 0) is 11.3 Å². The standard InChI is InChI=1S/C29H24N4O4S2/c1-17-8-11-25-31-26(30-14-19-9-10-22-23(12-19)37-16-36-22)21(27(34)32(25)15-17)13-24-28(35)33(29(38)39-24)18(2)20-6-4-3-5-7-20/h3-13,15,18,30H,14,16H2,1-2H3/b24-13-/t18-/m0/s1. The summed E-state index contributed by atoms with van der Waals surface area (Å²) in [4.78, 5) is 34.0. The molecule has 1 amide bonds. The number of aromatic nitrogens is 2. The van der Waals surface area contributed by atoms with Crippen molar-refractivity contribution in [2.45, 2.75) is 26.4 Å². The maximum Gasteiger partial charge on any atom is 0.267 e. The summed E-state index contributed by atoms with van der Waals surface area (Å²) in [6.07, 6.45) is 3.34. The molecule has 0 unspecified atom stereocenters. The Kier molecular flexibility index (Phi) is 6.58. The van der Waals surface area contributed by atoms with E-state index in [2.05, 4.69) is 5.32 Å². The van der Waals surface area contributed by atoms with Crippen LogP contribution in [0.4, 0.5) is 5.82 Å². The van der Waals surface area contributed by atoms with Crippen LogP contribution >= 0.6 is 24.0 Å². The fourth-order valence-electron chi connectivity index (χ4n) is 4.59. The molecule has 6 rings (SSSR count). The number of anilines is 1. The predicted molar refractivity (Wildman–Crippen MR) is 156 cm³/mol. The number of pyridine rings is 1. The van der Waals surface area contributed by atoms with Crippen LogP contribution in [0.15, 0.2) is 76.6 Å². The van der Waals surface area contributed by atoms with Gasteiger partial charge in [-0.1, -0.05) is 66.4 Å². The fourth-order valence-corrected chi connectivity index (χ4v) is 5.99. The number of ether oxygens (including phenoxy) is 2. The second kappa shape index (κ2) is 10.2. The Morgan fingerprint density at radius 3 is 2.72 bits per heavy atom. The maximum atomic E-state index is 13.7. The van der Waals surface area contributed by atoms with E-state index in [1.807, 2.05) is 68.4 Å². The number of carbonyl (C=O) groups is 1. The van der Waals surface area contributed by atoms with Crippen molar-refractivity contribution in [3.05, 3.63) is 104 Å². The molecule has 1 N–H and O–H groups in total. The highest BCUT2D eigenvalue weighted by molar-refractivity contribution is 8.26. The first-order valence-electron chi connectivity index (χ1n) is 12.4. The highest BCUT2D eigenvalue weighted by Crippen LogP contribution is 2.38. The average molecular weight is 557 g/mol. The van der Waals surface area contributed by atoms with Crippen molar-refractivity contribution in [2.24, 2.45) is 0 Å². The first-order chi connectivity index (χ1) is 18.9. The quantitative estimate of drug-likeness (QED) is 0.253. The Hall–Kier alpha value is -4.15. The van der Waals surface area contributed by atoms with Crippen molar-refractivity contribution in [2.75, 3.05) is 12.1 Å². The molecular formula is C29H24N4O4S2. The van der Waals surface area contributed by atoms with E-state index in [4.69, 9.17) is 26.7 Å². The number of hydrogen-bond acceptors (Lipinski definition) is 8. The molecule has 2 aromatic heterocycles. The molecule has 1 fully saturated rings. The van der Waals surface area contributed by atoms with Crippen LogP contribution < -0.4 is 20.3 Å². The second-order valence-electron chi connectivity index (χ2n) is 9.29. The first kappa shape index (κ1) is 25.1. The molecule has 2 aromatic carbocycles. The van der Waals surface area contributed by atoms with Gasteiger partial charge in [0, 0.05) is 12.7 Å². The molecule has 0 spiro atoms. The van der Waals surface area contributed by atoms with Crippen molar-refractivity contribution in [1.82, 2.24) is 14.3 Å². The zero-order chi connectivity index (χ0) is 27.1. The summed E-state index contributed by atoms with van der Waals surface area (Å²) in [6.45, 7) is 4.43. The molecule has 4 aromatic rings. The lowest BCUT2D eigenvalue weighted by atomic mass is 10.1. The van der Waals surface area contributed by atoms with E-state index in [0.29, 0.717) is 38.7 Å². The molecule has 2 aliphatic heterocycles. The van der Waals surface area contributed by atoms with E-state index >= 15 is 0 Å². The normalized spacial score (nSPS) is 16.4. The fraction of sp³-hybridized carbons (Fsp3) is 0.172. The summed E-state index contributed by atoms with van der Waals surface area (Å²) in [7, 11) is 0. The zero-order valence-corrected chi connectivity index (χ0v) is 22.8. The molecule has 39 heavy (non-hydrogen) atoms. The van der Waals surface area contributed by atoms with Gasteiger partial charge in [-0.25, -0.2) is 4.98 Å². The van der Waals surface area contributed by atoms with Gasteiger partial charge in [0.15, 0.2) is 11.5 Å². The van der Waals surface area contributed by atoms with Gasteiger partial charge in [0.2, 0.25) is 6.79 Å². The van der Waals surface area contributed by atoms with Crippen molar-refractivity contribution < 1.29 is 14.3 Å². The maximum absolute atomic E-state index is 13.7. The Bertz CT molecular complexity index is 1720. The largest absolute Gasteiger partial charge is 0.454 e. The van der Waals surface area contributed by atoms with E-state index in [9.17, 15) is 9.59 Å². The summed E-state index contributed by atoms with van der Waals surface area (Å²) in [5, 5.41) is 3.30. The number of amides is 1. The average Bonchev–Trinajstić information content (AvgIpc) is 3.52. The number of rotatable bonds is 6. The summed E-state index contributed by atoms with van der Waals surface area (Å²) >= 11 is 6.78. The summed E-state index contributed by atoms with van der Waals surface area (Å²) in [6, 6.07) is 18.8. The molecule has 10 heteroatoms. The van der Waals surface area contributed by atoms with Gasteiger partial charge in [-0.05, 0) is 54.8 Å². The summed E-state index contributed by atoms with van der Waals surface area (Å²) in [5.74, 6) is 1.51. The van der Waals surface area contributed by atoms with Crippen LogP contribution in [0.2, 0.25) is 0 Å². The molecular weight excluding hydrogens is 532 g/mol. The third-order valence-electron chi connectivity index (χ3n) is 6.67. The molecule has 1 atom stereocenters. The van der Waals surface area contributed by atoms with E-state index in [1.54, 1.807) is 23.2 Å². The number of nitrogens with one attached hydrogen (secondary N) is 1. The number of fused-ring (bicyclic) bond motifs is 2. The molecule has 196 valence electrons. The van der Waals surface area contributed by atoms with Crippen molar-refractivity contribution in [1.29, 1.82) is 0 Å². The van der Waals surface area contributed by atoms with Crippen LogP contribution in [-0.4, -0.2) is 31.3 Å². The van der Waals surface area contributed by atoms with Gasteiger partial charge in [-0.2, -0.15) is 0 Å². The minimum Gasteiger partial charge on any atom is -0.454 e. The Morgan fingerprint density at radius 2 is 1.90 bits per heavy atom. The minimum absolute atomic E-state index is 0.194. The van der Waals surface area contributed by atoms with Crippen LogP contribution in [0, 0.1) is 6.92 Å². The topological polar surface area (TPSA) is 85.2 Å². The molecule has 0 saturated carbocycles. The van der Waals surface area contributed by atoms with Gasteiger partial charge in [0.25, 0.3) is 11.5 Å². The molecule has 0 aliphatic carbocycles. The summed E-state index contributed by atoms with van der Waals surface area (Å²) < 4.78 is 12.8. The van der Waals surface area contributed by atoms with E-state index in [1.165, 1.54) is 16.2 Å². The van der Waals surface area contributed by atoms with Gasteiger partial charge in [0.05, 0.1) is 16.5 Å². The SMILES string of the molecule is Cc1ccc2nc(NCc3ccc4c(c3)OCO4)c(/C=C3\SC(=S)N([C@@H](C)c4ccccc4)C3=O)c(=O)n2c1. The molecule has 0 radical (unpaired) electrons. The lowest BCUT2D eigenvalue weighted by Gasteiger charge is -2.23. The smallest absolute Gasteiger partial charge is 0.267 e. The lowest BCUT2D eigenvalue weighted by molar-refractivity contribution is -0.123. The number of thiocarbonyl (C=S) groups is 1. The highest BCUT2D eigenvalue weighted by Gasteiger charge is 2.36. The molecule has 1 saturated heterocycles. The zero-order valence-electron chi connectivity index (χ0n) is 21.2. The first-order valence-corrected chi connectivity index (χ1v) is 13.6. The predicted octanol–water partition coefficient (Wildman–Crippen LogP) is 5.31. The van der Waals surface area contributed by atoms with E-state index in [0.717, 1.165) is 16.7 Å². The third kappa shape index (κ3) is 4.77. The Labute approximate surface area is 234 Å². The number of carbonyl (C=O) groups excluding carboxylic acids is 1.